The van der Waals surface area contributed by atoms with Crippen LogP contribution in [-0.4, -0.2) is 5.97 Å². The lowest BCUT2D eigenvalue weighted by Gasteiger charge is -2.07. The van der Waals surface area contributed by atoms with Crippen molar-refractivity contribution in [3.8, 4) is 23.7 Å². The van der Waals surface area contributed by atoms with Gasteiger partial charge in [0, 0.05) is 17.7 Å². The first-order valence-electron chi connectivity index (χ1n) is 6.30. The molecule has 0 fully saturated rings. The summed E-state index contributed by atoms with van der Waals surface area (Å²) >= 11 is 0. The number of hydrogen-bond acceptors (Lipinski definition) is 3. The molecule has 6 heteroatoms. The van der Waals surface area contributed by atoms with Gasteiger partial charge in [0.15, 0.2) is 0 Å². The Bertz CT molecular complexity index is 866. The number of halogens is 3. The molecule has 0 saturated heterocycles. The molecule has 2 aromatic carbocycles. The Morgan fingerprint density at radius 3 is 2.26 bits per heavy atom. The van der Waals surface area contributed by atoms with Crippen LogP contribution in [-0.2, 0) is 0 Å². The van der Waals surface area contributed by atoms with Gasteiger partial charge in [0.05, 0.1) is 5.56 Å². The third kappa shape index (κ3) is 3.50. The van der Waals surface area contributed by atoms with Crippen LogP contribution in [0.5, 0.6) is 5.75 Å². The number of benzene rings is 2. The molecular formula is C17H8F3NO2. The van der Waals surface area contributed by atoms with Crippen molar-refractivity contribution in [2.24, 2.45) is 0 Å². The van der Waals surface area contributed by atoms with E-state index in [2.05, 4.69) is 11.8 Å². The van der Waals surface area contributed by atoms with E-state index in [4.69, 9.17) is 10.00 Å². The SMILES string of the molecule is CC#Cc1ccc(C(=O)Oc2cc(F)c(C#N)c(F)c2)c(F)c1. The first kappa shape index (κ1) is 16.1. The first-order chi connectivity index (χ1) is 11.0. The largest absolute Gasteiger partial charge is 0.423 e. The van der Waals surface area contributed by atoms with Crippen molar-refractivity contribution in [3.63, 3.8) is 0 Å². The summed E-state index contributed by atoms with van der Waals surface area (Å²) < 4.78 is 45.5. The van der Waals surface area contributed by atoms with Gasteiger partial charge in [-0.1, -0.05) is 5.92 Å². The molecule has 0 aliphatic carbocycles. The predicted octanol–water partition coefficient (Wildman–Crippen LogP) is 3.57. The summed E-state index contributed by atoms with van der Waals surface area (Å²) in [6.07, 6.45) is 0. The molecule has 0 unspecified atom stereocenters. The molecule has 0 aliphatic heterocycles. The van der Waals surface area contributed by atoms with Crippen LogP contribution in [0, 0.1) is 40.6 Å². The number of esters is 1. The highest BCUT2D eigenvalue weighted by Gasteiger charge is 2.17. The van der Waals surface area contributed by atoms with Gasteiger partial charge in [0.25, 0.3) is 0 Å². The molecule has 114 valence electrons. The topological polar surface area (TPSA) is 50.1 Å². The number of carbonyl (C=O) groups excluding carboxylic acids is 1. The monoisotopic (exact) mass is 315 g/mol. The zero-order valence-electron chi connectivity index (χ0n) is 11.8. The second kappa shape index (κ2) is 6.67. The van der Waals surface area contributed by atoms with Crippen molar-refractivity contribution in [1.82, 2.24) is 0 Å². The fraction of sp³-hybridized carbons (Fsp3) is 0.0588. The highest BCUT2D eigenvalue weighted by Crippen LogP contribution is 2.21. The maximum atomic E-state index is 13.8. The normalized spacial score (nSPS) is 9.52. The summed E-state index contributed by atoms with van der Waals surface area (Å²) in [5.74, 6) is 0.382. The highest BCUT2D eigenvalue weighted by molar-refractivity contribution is 5.91. The van der Waals surface area contributed by atoms with E-state index < -0.39 is 40.3 Å². The summed E-state index contributed by atoms with van der Waals surface area (Å²) in [5.41, 5.74) is -0.827. The Morgan fingerprint density at radius 1 is 1.09 bits per heavy atom. The van der Waals surface area contributed by atoms with Crippen molar-refractivity contribution < 1.29 is 22.7 Å². The molecule has 2 aromatic rings. The van der Waals surface area contributed by atoms with E-state index in [9.17, 15) is 18.0 Å². The van der Waals surface area contributed by atoms with E-state index in [1.165, 1.54) is 12.1 Å². The van der Waals surface area contributed by atoms with Crippen LogP contribution < -0.4 is 4.74 Å². The third-order valence-electron chi connectivity index (χ3n) is 2.80. The van der Waals surface area contributed by atoms with Gasteiger partial charge in [-0.15, -0.1) is 5.92 Å². The minimum atomic E-state index is -1.18. The van der Waals surface area contributed by atoms with Crippen LogP contribution in [0.15, 0.2) is 30.3 Å². The average molecular weight is 315 g/mol. The number of nitrogens with zero attached hydrogens (tertiary/aromatic N) is 1. The fourth-order valence-corrected chi connectivity index (χ4v) is 1.78. The van der Waals surface area contributed by atoms with Crippen molar-refractivity contribution >= 4 is 5.97 Å². The summed E-state index contributed by atoms with van der Waals surface area (Å²) in [6.45, 7) is 1.58. The Morgan fingerprint density at radius 2 is 1.74 bits per heavy atom. The van der Waals surface area contributed by atoms with Gasteiger partial charge in [-0.05, 0) is 25.1 Å². The van der Waals surface area contributed by atoms with E-state index in [0.717, 1.165) is 12.1 Å². The van der Waals surface area contributed by atoms with E-state index >= 15 is 0 Å². The second-order valence-electron chi connectivity index (χ2n) is 4.33. The molecule has 0 heterocycles. The molecular weight excluding hydrogens is 307 g/mol. The average Bonchev–Trinajstić information content (AvgIpc) is 2.47. The van der Waals surface area contributed by atoms with Gasteiger partial charge >= 0.3 is 5.97 Å². The van der Waals surface area contributed by atoms with E-state index in [0.29, 0.717) is 17.7 Å². The summed E-state index contributed by atoms with van der Waals surface area (Å²) in [4.78, 5) is 11.9. The molecule has 0 bridgehead atoms. The van der Waals surface area contributed by atoms with Crippen LogP contribution in [0.4, 0.5) is 13.2 Å². The van der Waals surface area contributed by atoms with Crippen molar-refractivity contribution in [3.05, 3.63) is 64.5 Å². The molecule has 0 saturated carbocycles. The number of ether oxygens (including phenoxy) is 1. The molecule has 0 radical (unpaired) electrons. The van der Waals surface area contributed by atoms with Crippen LogP contribution in [0.3, 0.4) is 0 Å². The molecule has 0 spiro atoms. The molecule has 0 amide bonds. The number of carbonyl (C=O) groups is 1. The summed E-state index contributed by atoms with van der Waals surface area (Å²) in [5, 5.41) is 8.56. The lowest BCUT2D eigenvalue weighted by molar-refractivity contribution is 0.0729. The Balaban J connectivity index is 2.29. The second-order valence-corrected chi connectivity index (χ2v) is 4.33. The lowest BCUT2D eigenvalue weighted by atomic mass is 10.1. The minimum absolute atomic E-state index is 0.372. The van der Waals surface area contributed by atoms with Crippen LogP contribution in [0.1, 0.15) is 28.4 Å². The van der Waals surface area contributed by atoms with Gasteiger partial charge in [0.2, 0.25) is 0 Å². The standard InChI is InChI=1S/C17H8F3NO2/c1-2-3-10-4-5-12(14(18)6-10)17(22)23-11-7-15(19)13(9-21)16(20)8-11/h4-8H,1H3. The van der Waals surface area contributed by atoms with Crippen molar-refractivity contribution in [2.75, 3.05) is 0 Å². The van der Waals surface area contributed by atoms with Crippen LogP contribution in [0.25, 0.3) is 0 Å². The van der Waals surface area contributed by atoms with Gasteiger partial charge in [-0.2, -0.15) is 5.26 Å². The van der Waals surface area contributed by atoms with Crippen LogP contribution in [0.2, 0.25) is 0 Å². The molecule has 3 nitrogen and oxygen atoms in total. The zero-order chi connectivity index (χ0) is 17.0. The Kier molecular flexibility index (Phi) is 4.68. The fourth-order valence-electron chi connectivity index (χ4n) is 1.78. The van der Waals surface area contributed by atoms with E-state index in [1.54, 1.807) is 6.92 Å². The number of nitriles is 1. The first-order valence-corrected chi connectivity index (χ1v) is 6.30. The highest BCUT2D eigenvalue weighted by atomic mass is 19.1. The summed E-state index contributed by atoms with van der Waals surface area (Å²) in [6, 6.07) is 6.31. The molecule has 2 rings (SSSR count). The number of rotatable bonds is 2. The maximum Gasteiger partial charge on any atom is 0.346 e. The van der Waals surface area contributed by atoms with E-state index in [1.807, 2.05) is 0 Å². The smallest absolute Gasteiger partial charge is 0.346 e. The molecule has 0 aromatic heterocycles. The van der Waals surface area contributed by atoms with Gasteiger partial charge < -0.3 is 4.74 Å². The van der Waals surface area contributed by atoms with Gasteiger partial charge in [-0.25, -0.2) is 18.0 Å². The quantitative estimate of drug-likeness (QED) is 0.484. The van der Waals surface area contributed by atoms with Gasteiger partial charge in [-0.3, -0.25) is 0 Å². The Hall–Kier alpha value is -3.25. The molecule has 0 aliphatic rings. The van der Waals surface area contributed by atoms with Crippen molar-refractivity contribution in [2.45, 2.75) is 6.92 Å². The lowest BCUT2D eigenvalue weighted by Crippen LogP contribution is -2.11. The zero-order valence-corrected chi connectivity index (χ0v) is 11.8. The van der Waals surface area contributed by atoms with Crippen molar-refractivity contribution in [1.29, 1.82) is 5.26 Å². The molecule has 23 heavy (non-hydrogen) atoms. The minimum Gasteiger partial charge on any atom is -0.423 e. The maximum absolute atomic E-state index is 13.8. The molecule has 0 atom stereocenters. The van der Waals surface area contributed by atoms with Crippen LogP contribution >= 0.6 is 0 Å². The number of hydrogen-bond donors (Lipinski definition) is 0. The third-order valence-corrected chi connectivity index (χ3v) is 2.80. The predicted molar refractivity (Wildman–Crippen MR) is 75.0 cm³/mol. The van der Waals surface area contributed by atoms with E-state index in [-0.39, 0.29) is 0 Å². The van der Waals surface area contributed by atoms with Gasteiger partial charge in [0.1, 0.15) is 34.8 Å². The Labute approximate surface area is 129 Å². The summed E-state index contributed by atoms with van der Waals surface area (Å²) in [7, 11) is 0. The molecule has 0 N–H and O–H groups in total.